The number of carbonyl (C=O) groups is 1. The zero-order valence-corrected chi connectivity index (χ0v) is 18.3. The summed E-state index contributed by atoms with van der Waals surface area (Å²) in [6.45, 7) is 1.25. The van der Waals surface area contributed by atoms with Crippen LogP contribution in [0.4, 0.5) is 0 Å². The number of H-pyrrole nitrogens is 1. The highest BCUT2D eigenvalue weighted by Crippen LogP contribution is 2.30. The number of nitrogens with zero attached hydrogens (tertiary/aromatic N) is 1. The minimum atomic E-state index is -0.142. The lowest BCUT2D eigenvalue weighted by atomic mass is 10.0. The van der Waals surface area contributed by atoms with Crippen LogP contribution in [-0.4, -0.2) is 22.5 Å². The average Bonchev–Trinajstić information content (AvgIpc) is 3.31. The molecule has 0 spiro atoms. The molecular formula is C27H25N3O3. The van der Waals surface area contributed by atoms with Gasteiger partial charge in [0.05, 0.1) is 17.5 Å². The summed E-state index contributed by atoms with van der Waals surface area (Å²) in [4.78, 5) is 31.7. The second-order valence-corrected chi connectivity index (χ2v) is 8.28. The Morgan fingerprint density at radius 1 is 1.03 bits per heavy atom. The minimum absolute atomic E-state index is 0.0131. The van der Waals surface area contributed by atoms with Crippen LogP contribution >= 0.6 is 0 Å². The molecular weight excluding hydrogens is 414 g/mol. The average molecular weight is 440 g/mol. The van der Waals surface area contributed by atoms with Crippen LogP contribution in [0, 0.1) is 0 Å². The van der Waals surface area contributed by atoms with E-state index in [2.05, 4.69) is 39.6 Å². The number of carbonyl (C=O) groups excluding carboxylic acids is 1. The minimum Gasteiger partial charge on any atom is -0.493 e. The van der Waals surface area contributed by atoms with Gasteiger partial charge in [0.1, 0.15) is 11.6 Å². The normalized spacial score (nSPS) is 12.4. The van der Waals surface area contributed by atoms with Gasteiger partial charge >= 0.3 is 0 Å². The van der Waals surface area contributed by atoms with E-state index in [1.807, 2.05) is 36.4 Å². The molecule has 0 saturated heterocycles. The molecule has 1 aliphatic heterocycles. The van der Waals surface area contributed by atoms with Crippen LogP contribution < -0.4 is 15.6 Å². The first-order valence-electron chi connectivity index (χ1n) is 11.3. The Labute approximate surface area is 191 Å². The Morgan fingerprint density at radius 3 is 2.73 bits per heavy atom. The number of benzene rings is 3. The van der Waals surface area contributed by atoms with Gasteiger partial charge in [-0.2, -0.15) is 0 Å². The SMILES string of the molecule is O=C(CCCc1nc2ccccc2c(=O)[nH]1)NCc1ccc(-c2ccc3c(c2)CCO3)cc1. The number of nitrogens with one attached hydrogen (secondary N) is 2. The molecule has 1 aliphatic rings. The van der Waals surface area contributed by atoms with E-state index in [1.54, 1.807) is 6.07 Å². The lowest BCUT2D eigenvalue weighted by Gasteiger charge is -2.08. The van der Waals surface area contributed by atoms with Gasteiger partial charge in [0.25, 0.3) is 5.56 Å². The Hall–Kier alpha value is -3.93. The van der Waals surface area contributed by atoms with Gasteiger partial charge in [-0.25, -0.2) is 4.98 Å². The molecule has 5 rings (SSSR count). The van der Waals surface area contributed by atoms with Crippen molar-refractivity contribution in [3.05, 3.63) is 94.0 Å². The summed E-state index contributed by atoms with van der Waals surface area (Å²) in [5.41, 5.74) is 5.17. The molecule has 33 heavy (non-hydrogen) atoms. The van der Waals surface area contributed by atoms with E-state index in [4.69, 9.17) is 4.74 Å². The summed E-state index contributed by atoms with van der Waals surface area (Å²) in [6.07, 6.45) is 2.51. The van der Waals surface area contributed by atoms with Crippen molar-refractivity contribution in [2.75, 3.05) is 6.61 Å². The molecule has 1 amide bonds. The van der Waals surface area contributed by atoms with Gasteiger partial charge in [-0.05, 0) is 52.9 Å². The Morgan fingerprint density at radius 2 is 1.85 bits per heavy atom. The molecule has 1 aromatic heterocycles. The lowest BCUT2D eigenvalue weighted by Crippen LogP contribution is -2.22. The van der Waals surface area contributed by atoms with Crippen LogP contribution in [0.2, 0.25) is 0 Å². The molecule has 2 heterocycles. The molecule has 3 aromatic carbocycles. The number of amides is 1. The fourth-order valence-corrected chi connectivity index (χ4v) is 4.14. The summed E-state index contributed by atoms with van der Waals surface area (Å²) < 4.78 is 5.58. The molecule has 6 nitrogen and oxygen atoms in total. The van der Waals surface area contributed by atoms with E-state index in [9.17, 15) is 9.59 Å². The second-order valence-electron chi connectivity index (χ2n) is 8.28. The van der Waals surface area contributed by atoms with Crippen LogP contribution in [0.25, 0.3) is 22.0 Å². The predicted molar refractivity (Wildman–Crippen MR) is 128 cm³/mol. The maximum atomic E-state index is 12.3. The molecule has 0 bridgehead atoms. The highest BCUT2D eigenvalue weighted by molar-refractivity contribution is 5.77. The number of ether oxygens (including phenoxy) is 1. The standard InChI is InChI=1S/C27H25N3O3/c31-26(7-3-6-25-29-23-5-2-1-4-22(23)27(32)30-25)28-17-18-8-10-19(11-9-18)20-12-13-24-21(16-20)14-15-33-24/h1-2,4-5,8-13,16H,3,6-7,14-15,17H2,(H,28,31)(H,29,30,32). The van der Waals surface area contributed by atoms with E-state index in [0.29, 0.717) is 42.5 Å². The second kappa shape index (κ2) is 9.28. The number of fused-ring (bicyclic) bond motifs is 2. The number of hydrogen-bond donors (Lipinski definition) is 2. The van der Waals surface area contributed by atoms with E-state index in [-0.39, 0.29) is 11.5 Å². The third kappa shape index (κ3) is 4.80. The van der Waals surface area contributed by atoms with Crippen LogP contribution in [-0.2, 0) is 24.2 Å². The molecule has 0 saturated carbocycles. The van der Waals surface area contributed by atoms with Gasteiger partial charge < -0.3 is 15.0 Å². The number of aryl methyl sites for hydroxylation is 1. The van der Waals surface area contributed by atoms with Crippen molar-refractivity contribution < 1.29 is 9.53 Å². The quantitative estimate of drug-likeness (QED) is 0.453. The molecule has 2 N–H and O–H groups in total. The molecule has 0 atom stereocenters. The van der Waals surface area contributed by atoms with Crippen molar-refractivity contribution in [2.45, 2.75) is 32.2 Å². The van der Waals surface area contributed by atoms with E-state index in [0.717, 1.165) is 29.9 Å². The summed E-state index contributed by atoms with van der Waals surface area (Å²) in [5.74, 6) is 1.59. The highest BCUT2D eigenvalue weighted by Gasteiger charge is 2.12. The zero-order chi connectivity index (χ0) is 22.6. The Balaban J connectivity index is 1.11. The van der Waals surface area contributed by atoms with Gasteiger partial charge in [0, 0.05) is 25.8 Å². The fourth-order valence-electron chi connectivity index (χ4n) is 4.14. The largest absolute Gasteiger partial charge is 0.493 e. The summed E-state index contributed by atoms with van der Waals surface area (Å²) in [5, 5.41) is 3.55. The van der Waals surface area contributed by atoms with Crippen LogP contribution in [0.1, 0.15) is 29.8 Å². The van der Waals surface area contributed by atoms with Gasteiger partial charge in [0.2, 0.25) is 5.91 Å². The van der Waals surface area contributed by atoms with E-state index < -0.39 is 0 Å². The fraction of sp³-hybridized carbons (Fsp3) is 0.222. The topological polar surface area (TPSA) is 84.1 Å². The molecule has 6 heteroatoms. The first kappa shape index (κ1) is 20.9. The third-order valence-corrected chi connectivity index (χ3v) is 5.95. The smallest absolute Gasteiger partial charge is 0.258 e. The van der Waals surface area contributed by atoms with Crippen molar-refractivity contribution in [1.82, 2.24) is 15.3 Å². The first-order chi connectivity index (χ1) is 16.2. The van der Waals surface area contributed by atoms with Crippen molar-refractivity contribution in [1.29, 1.82) is 0 Å². The number of rotatable bonds is 7. The molecule has 0 aliphatic carbocycles. The van der Waals surface area contributed by atoms with Crippen LogP contribution in [0.5, 0.6) is 5.75 Å². The number of para-hydroxylation sites is 1. The van der Waals surface area contributed by atoms with Gasteiger partial charge in [0.15, 0.2) is 0 Å². The number of aromatic amines is 1. The third-order valence-electron chi connectivity index (χ3n) is 5.95. The van der Waals surface area contributed by atoms with Crippen LogP contribution in [0.3, 0.4) is 0 Å². The van der Waals surface area contributed by atoms with E-state index >= 15 is 0 Å². The molecule has 0 unspecified atom stereocenters. The number of aromatic nitrogens is 2. The molecule has 0 fully saturated rings. The maximum Gasteiger partial charge on any atom is 0.258 e. The molecule has 4 aromatic rings. The predicted octanol–water partition coefficient (Wildman–Crippen LogP) is 4.16. The number of hydrogen-bond acceptors (Lipinski definition) is 4. The molecule has 0 radical (unpaired) electrons. The Bertz CT molecular complexity index is 1360. The summed E-state index contributed by atoms with van der Waals surface area (Å²) >= 11 is 0. The van der Waals surface area contributed by atoms with Crippen molar-refractivity contribution >= 4 is 16.8 Å². The first-order valence-corrected chi connectivity index (χ1v) is 11.3. The summed E-state index contributed by atoms with van der Waals surface area (Å²) in [6, 6.07) is 21.8. The van der Waals surface area contributed by atoms with E-state index in [1.165, 1.54) is 11.1 Å². The highest BCUT2D eigenvalue weighted by atomic mass is 16.5. The van der Waals surface area contributed by atoms with Crippen molar-refractivity contribution in [2.24, 2.45) is 0 Å². The zero-order valence-electron chi connectivity index (χ0n) is 18.3. The molecule has 166 valence electrons. The Kier molecular flexibility index (Phi) is 5.89. The monoisotopic (exact) mass is 439 g/mol. The maximum absolute atomic E-state index is 12.3. The lowest BCUT2D eigenvalue weighted by molar-refractivity contribution is -0.121. The summed E-state index contributed by atoms with van der Waals surface area (Å²) in [7, 11) is 0. The van der Waals surface area contributed by atoms with Gasteiger partial charge in [-0.1, -0.05) is 42.5 Å². The van der Waals surface area contributed by atoms with Gasteiger partial charge in [-0.3, -0.25) is 9.59 Å². The van der Waals surface area contributed by atoms with Crippen molar-refractivity contribution in [3.8, 4) is 16.9 Å². The van der Waals surface area contributed by atoms with Crippen molar-refractivity contribution in [3.63, 3.8) is 0 Å². The van der Waals surface area contributed by atoms with Gasteiger partial charge in [-0.15, -0.1) is 0 Å². The van der Waals surface area contributed by atoms with Crippen LogP contribution in [0.15, 0.2) is 71.5 Å².